The number of nitrogens with zero attached hydrogens (tertiary/aromatic N) is 2. The van der Waals surface area contributed by atoms with E-state index in [1.807, 2.05) is 32.0 Å². The van der Waals surface area contributed by atoms with Crippen molar-refractivity contribution < 1.29 is 13.2 Å². The van der Waals surface area contributed by atoms with Crippen LogP contribution in [0.3, 0.4) is 0 Å². The van der Waals surface area contributed by atoms with Crippen LogP contribution in [0.25, 0.3) is 0 Å². The summed E-state index contributed by atoms with van der Waals surface area (Å²) < 4.78 is 37.9. The first-order chi connectivity index (χ1) is 9.74. The summed E-state index contributed by atoms with van der Waals surface area (Å²) in [6.07, 6.45) is -4.55. The number of benzene rings is 1. The average molecular weight is 296 g/mol. The molecule has 1 heterocycles. The molecule has 112 valence electrons. The number of halogens is 3. The number of nitrogens with one attached hydrogen (secondary N) is 1. The van der Waals surface area contributed by atoms with Gasteiger partial charge in [-0.15, -0.1) is 0 Å². The summed E-state index contributed by atoms with van der Waals surface area (Å²) in [5.41, 5.74) is 7.39. The summed E-state index contributed by atoms with van der Waals surface area (Å²) in [5.74, 6) is -0.360. The van der Waals surface area contributed by atoms with Gasteiger partial charge in [-0.05, 0) is 19.4 Å². The van der Waals surface area contributed by atoms with Gasteiger partial charge in [-0.3, -0.25) is 0 Å². The molecule has 4 nitrogen and oxygen atoms in total. The van der Waals surface area contributed by atoms with Gasteiger partial charge in [0.2, 0.25) is 5.95 Å². The van der Waals surface area contributed by atoms with E-state index in [4.69, 9.17) is 5.73 Å². The number of alkyl halides is 3. The second-order valence-corrected chi connectivity index (χ2v) is 4.84. The van der Waals surface area contributed by atoms with Gasteiger partial charge in [0.25, 0.3) is 0 Å². The highest BCUT2D eigenvalue weighted by Gasteiger charge is 2.33. The van der Waals surface area contributed by atoms with Gasteiger partial charge in [0.1, 0.15) is 5.82 Å². The van der Waals surface area contributed by atoms with Gasteiger partial charge in [-0.25, -0.2) is 4.98 Å². The summed E-state index contributed by atoms with van der Waals surface area (Å²) in [7, 11) is 0. The van der Waals surface area contributed by atoms with E-state index in [2.05, 4.69) is 15.3 Å². The van der Waals surface area contributed by atoms with Crippen LogP contribution in [0, 0.1) is 13.8 Å². The van der Waals surface area contributed by atoms with Crippen LogP contribution in [0.5, 0.6) is 0 Å². The topological polar surface area (TPSA) is 63.8 Å². The maximum atomic E-state index is 12.6. The van der Waals surface area contributed by atoms with Gasteiger partial charge in [0.15, 0.2) is 5.69 Å². The molecule has 0 radical (unpaired) electrons. The number of nitrogen functional groups attached to an aromatic ring is 1. The van der Waals surface area contributed by atoms with E-state index in [1.54, 1.807) is 0 Å². The van der Waals surface area contributed by atoms with Crippen molar-refractivity contribution in [1.82, 2.24) is 9.97 Å². The average Bonchev–Trinajstić information content (AvgIpc) is 2.33. The fourth-order valence-electron chi connectivity index (χ4n) is 2.07. The van der Waals surface area contributed by atoms with E-state index in [0.717, 1.165) is 22.8 Å². The molecule has 0 atom stereocenters. The van der Waals surface area contributed by atoms with Crippen molar-refractivity contribution in [1.29, 1.82) is 0 Å². The van der Waals surface area contributed by atoms with E-state index in [-0.39, 0.29) is 5.82 Å². The Morgan fingerprint density at radius 3 is 2.24 bits per heavy atom. The minimum Gasteiger partial charge on any atom is -0.368 e. The molecular formula is C14H15F3N4. The first-order valence-corrected chi connectivity index (χ1v) is 6.27. The lowest BCUT2D eigenvalue weighted by molar-refractivity contribution is -0.141. The zero-order valence-electron chi connectivity index (χ0n) is 11.6. The van der Waals surface area contributed by atoms with Crippen LogP contribution >= 0.6 is 0 Å². The molecule has 0 saturated carbocycles. The Bertz CT molecular complexity index is 633. The van der Waals surface area contributed by atoms with Crippen molar-refractivity contribution in [3.63, 3.8) is 0 Å². The standard InChI is InChI=1S/C14H15F3N4/c1-8-3-9(2)5-10(4-8)7-19-12-6-11(14(15,16)17)20-13(18)21-12/h3-6H,7H2,1-2H3,(H3,18,19,20,21). The van der Waals surface area contributed by atoms with E-state index in [9.17, 15) is 13.2 Å². The number of nitrogens with two attached hydrogens (primary N) is 1. The Morgan fingerprint density at radius 2 is 1.67 bits per heavy atom. The summed E-state index contributed by atoms with van der Waals surface area (Å²) >= 11 is 0. The first kappa shape index (κ1) is 15.1. The molecular weight excluding hydrogens is 281 g/mol. The van der Waals surface area contributed by atoms with Crippen LogP contribution in [0.2, 0.25) is 0 Å². The molecule has 1 aromatic carbocycles. The second kappa shape index (κ2) is 5.59. The van der Waals surface area contributed by atoms with Gasteiger partial charge >= 0.3 is 6.18 Å². The van der Waals surface area contributed by atoms with Crippen LogP contribution in [0.4, 0.5) is 24.9 Å². The molecule has 2 aromatic rings. The largest absolute Gasteiger partial charge is 0.433 e. The fraction of sp³-hybridized carbons (Fsp3) is 0.286. The molecule has 0 aliphatic heterocycles. The van der Waals surface area contributed by atoms with E-state index >= 15 is 0 Å². The molecule has 1 aromatic heterocycles. The number of hydrogen-bond acceptors (Lipinski definition) is 4. The number of rotatable bonds is 3. The normalized spacial score (nSPS) is 11.5. The third-order valence-corrected chi connectivity index (χ3v) is 2.79. The van der Waals surface area contributed by atoms with Crippen LogP contribution in [0.1, 0.15) is 22.4 Å². The number of hydrogen-bond donors (Lipinski definition) is 2. The van der Waals surface area contributed by atoms with Gasteiger partial charge in [0.05, 0.1) is 0 Å². The lowest BCUT2D eigenvalue weighted by atomic mass is 10.1. The van der Waals surface area contributed by atoms with Crippen molar-refractivity contribution >= 4 is 11.8 Å². The molecule has 0 bridgehead atoms. The highest BCUT2D eigenvalue weighted by Crippen LogP contribution is 2.29. The lowest BCUT2D eigenvalue weighted by Crippen LogP contribution is -2.13. The molecule has 0 fully saturated rings. The smallest absolute Gasteiger partial charge is 0.368 e. The van der Waals surface area contributed by atoms with Crippen LogP contribution in [-0.2, 0) is 12.7 Å². The Labute approximate surface area is 120 Å². The fourth-order valence-corrected chi connectivity index (χ4v) is 2.07. The van der Waals surface area contributed by atoms with Crippen LogP contribution in [0.15, 0.2) is 24.3 Å². The van der Waals surface area contributed by atoms with Crippen molar-refractivity contribution in [2.24, 2.45) is 0 Å². The molecule has 21 heavy (non-hydrogen) atoms. The number of anilines is 2. The van der Waals surface area contributed by atoms with Gasteiger partial charge in [-0.1, -0.05) is 29.3 Å². The van der Waals surface area contributed by atoms with Crippen molar-refractivity contribution in [2.75, 3.05) is 11.1 Å². The van der Waals surface area contributed by atoms with Crippen LogP contribution in [-0.4, -0.2) is 9.97 Å². The number of aryl methyl sites for hydroxylation is 2. The summed E-state index contributed by atoms with van der Waals surface area (Å²) in [6, 6.07) is 6.78. The third-order valence-electron chi connectivity index (χ3n) is 2.79. The lowest BCUT2D eigenvalue weighted by Gasteiger charge is -2.11. The monoisotopic (exact) mass is 296 g/mol. The molecule has 0 saturated heterocycles. The quantitative estimate of drug-likeness (QED) is 0.912. The van der Waals surface area contributed by atoms with Gasteiger partial charge in [0, 0.05) is 12.6 Å². The van der Waals surface area contributed by atoms with Crippen molar-refractivity contribution in [2.45, 2.75) is 26.6 Å². The second-order valence-electron chi connectivity index (χ2n) is 4.84. The summed E-state index contributed by atoms with van der Waals surface area (Å²) in [4.78, 5) is 6.95. The molecule has 7 heteroatoms. The minimum absolute atomic E-state index is 0.0500. The predicted octanol–water partition coefficient (Wildman–Crippen LogP) is 3.31. The first-order valence-electron chi connectivity index (χ1n) is 6.27. The Kier molecular flexibility index (Phi) is 4.02. The van der Waals surface area contributed by atoms with Crippen molar-refractivity contribution in [3.8, 4) is 0 Å². The molecule has 0 aliphatic carbocycles. The minimum atomic E-state index is -4.55. The van der Waals surface area contributed by atoms with Crippen LogP contribution < -0.4 is 11.1 Å². The maximum absolute atomic E-state index is 12.6. The zero-order chi connectivity index (χ0) is 15.6. The number of aromatic nitrogens is 2. The third kappa shape index (κ3) is 4.08. The Balaban J connectivity index is 2.18. The molecule has 2 rings (SSSR count). The van der Waals surface area contributed by atoms with E-state index in [1.165, 1.54) is 0 Å². The Morgan fingerprint density at radius 1 is 1.05 bits per heavy atom. The molecule has 0 aliphatic rings. The highest BCUT2D eigenvalue weighted by atomic mass is 19.4. The molecule has 3 N–H and O–H groups in total. The molecule has 0 spiro atoms. The SMILES string of the molecule is Cc1cc(C)cc(CNc2cc(C(F)(F)F)nc(N)n2)c1. The van der Waals surface area contributed by atoms with Gasteiger partial charge in [-0.2, -0.15) is 18.2 Å². The molecule has 0 amide bonds. The zero-order valence-corrected chi connectivity index (χ0v) is 11.6. The van der Waals surface area contributed by atoms with E-state index in [0.29, 0.717) is 6.54 Å². The van der Waals surface area contributed by atoms with E-state index < -0.39 is 17.8 Å². The highest BCUT2D eigenvalue weighted by molar-refractivity contribution is 5.42. The summed E-state index contributed by atoms with van der Waals surface area (Å²) in [6.45, 7) is 4.28. The van der Waals surface area contributed by atoms with Crippen molar-refractivity contribution in [3.05, 3.63) is 46.6 Å². The predicted molar refractivity (Wildman–Crippen MR) is 74.7 cm³/mol. The Hall–Kier alpha value is -2.31. The maximum Gasteiger partial charge on any atom is 0.433 e. The van der Waals surface area contributed by atoms with Gasteiger partial charge < -0.3 is 11.1 Å². The summed E-state index contributed by atoms with van der Waals surface area (Å²) in [5, 5.41) is 2.84. The molecule has 0 unspecified atom stereocenters.